The van der Waals surface area contributed by atoms with Crippen LogP contribution in [0.3, 0.4) is 0 Å². The van der Waals surface area contributed by atoms with Crippen LogP contribution >= 0.6 is 23.5 Å². The number of rotatable bonds is 4. The Bertz CT molecular complexity index is 2020. The maximum Gasteiger partial charge on any atom is 0.380 e. The SMILES string of the molecule is CN(C)c1ccc(C2=CC3=C4C(=C5c6ccccc6SC5(C#Cc5ccc(CC(N)=O)cc5)C3(C)S2)C(F)(F)C(F)(F)C4(F)F)cc1. The number of alkyl halides is 6. The third-order valence-electron chi connectivity index (χ3n) is 9.12. The van der Waals surface area contributed by atoms with Crippen molar-refractivity contribution in [3.05, 3.63) is 118 Å². The van der Waals surface area contributed by atoms with Gasteiger partial charge in [-0.2, -0.15) is 26.3 Å². The number of carbonyl (C=O) groups is 1. The highest BCUT2D eigenvalue weighted by molar-refractivity contribution is 8.12. The predicted octanol–water partition coefficient (Wildman–Crippen LogP) is 8.21. The lowest BCUT2D eigenvalue weighted by molar-refractivity contribution is -0.257. The molecule has 1 amide bonds. The van der Waals surface area contributed by atoms with Crippen molar-refractivity contribution >= 4 is 45.6 Å². The van der Waals surface area contributed by atoms with Gasteiger partial charge in [0.1, 0.15) is 4.75 Å². The zero-order valence-electron chi connectivity index (χ0n) is 25.2. The van der Waals surface area contributed by atoms with E-state index in [2.05, 4.69) is 11.8 Å². The summed E-state index contributed by atoms with van der Waals surface area (Å²) in [5, 5.41) is 0. The molecule has 0 radical (unpaired) electrons. The van der Waals surface area contributed by atoms with Crippen molar-refractivity contribution in [2.45, 2.75) is 45.5 Å². The van der Waals surface area contributed by atoms with E-state index >= 15 is 26.3 Å². The average molecular weight is 681 g/mol. The molecule has 1 saturated carbocycles. The zero-order chi connectivity index (χ0) is 33.7. The molecular weight excluding hydrogens is 655 g/mol. The number of allylic oxidation sites excluding steroid dienone is 3. The fourth-order valence-corrected chi connectivity index (χ4v) is 9.88. The second-order valence-corrected chi connectivity index (χ2v) is 14.9. The van der Waals surface area contributed by atoms with Crippen molar-refractivity contribution in [1.29, 1.82) is 0 Å². The van der Waals surface area contributed by atoms with E-state index in [1.807, 2.05) is 31.1 Å². The van der Waals surface area contributed by atoms with Crippen molar-refractivity contribution in [2.75, 3.05) is 19.0 Å². The molecule has 47 heavy (non-hydrogen) atoms. The number of hydrogen-bond acceptors (Lipinski definition) is 4. The summed E-state index contributed by atoms with van der Waals surface area (Å²) in [6, 6.07) is 20.2. The summed E-state index contributed by atoms with van der Waals surface area (Å²) in [6.07, 6.45) is 1.37. The highest BCUT2D eigenvalue weighted by atomic mass is 32.2. The highest BCUT2D eigenvalue weighted by Crippen LogP contribution is 2.76. The Kier molecular flexibility index (Phi) is 6.88. The standard InChI is InChI=1S/C36H26F6N2OS2/c1-32-25(19-27(46-32)22-12-14-23(15-13-22)44(2)3)30-31(35(39,40)36(41,42)34(30,37)38)29-24-6-4-5-7-26(24)47-33(29,32)17-16-20-8-10-21(11-9-20)18-28(43)45/h4-15,19H,18H2,1-3H3,(H2,43,45). The van der Waals surface area contributed by atoms with Crippen LogP contribution < -0.4 is 10.6 Å². The zero-order valence-corrected chi connectivity index (χ0v) is 26.9. The Labute approximate surface area is 276 Å². The summed E-state index contributed by atoms with van der Waals surface area (Å²) in [7, 11) is 3.72. The molecule has 3 aromatic carbocycles. The summed E-state index contributed by atoms with van der Waals surface area (Å²) in [5.74, 6) is -10.3. The number of carbonyl (C=O) groups excluding carboxylic acids is 1. The number of benzene rings is 3. The largest absolute Gasteiger partial charge is 0.380 e. The fraction of sp³-hybridized carbons (Fsp3) is 0.250. The van der Waals surface area contributed by atoms with Gasteiger partial charge in [0.2, 0.25) is 5.91 Å². The van der Waals surface area contributed by atoms with Gasteiger partial charge < -0.3 is 10.6 Å². The molecule has 2 atom stereocenters. The van der Waals surface area contributed by atoms with Crippen LogP contribution in [0.4, 0.5) is 32.0 Å². The minimum atomic E-state index is -5.68. The molecular formula is C36H26F6N2OS2. The van der Waals surface area contributed by atoms with E-state index in [4.69, 9.17) is 5.73 Å². The monoisotopic (exact) mass is 680 g/mol. The third kappa shape index (κ3) is 4.23. The van der Waals surface area contributed by atoms with Gasteiger partial charge in [-0.25, -0.2) is 0 Å². The molecule has 0 bridgehead atoms. The Hall–Kier alpha value is -4.01. The molecule has 7 rings (SSSR count). The molecule has 0 aromatic heterocycles. The van der Waals surface area contributed by atoms with Gasteiger partial charge in [0.05, 0.1) is 11.2 Å². The van der Waals surface area contributed by atoms with Crippen LogP contribution in [-0.4, -0.2) is 47.3 Å². The fourth-order valence-electron chi connectivity index (χ4n) is 6.71. The van der Waals surface area contributed by atoms with Crippen LogP contribution in [0.15, 0.2) is 100 Å². The molecule has 4 aliphatic rings. The van der Waals surface area contributed by atoms with Crippen molar-refractivity contribution < 1.29 is 31.1 Å². The van der Waals surface area contributed by atoms with E-state index in [0.717, 1.165) is 29.2 Å². The highest BCUT2D eigenvalue weighted by Gasteiger charge is 2.85. The number of fused-ring (bicyclic) bond motifs is 6. The Morgan fingerprint density at radius 2 is 1.47 bits per heavy atom. The molecule has 0 saturated heterocycles. The van der Waals surface area contributed by atoms with E-state index in [9.17, 15) is 4.79 Å². The first-order valence-corrected chi connectivity index (χ1v) is 16.2. The lowest BCUT2D eigenvalue weighted by Crippen LogP contribution is -2.49. The molecule has 0 spiro atoms. The summed E-state index contributed by atoms with van der Waals surface area (Å²) < 4.78 is 91.5. The molecule has 1 fully saturated rings. The molecule has 3 aromatic rings. The second kappa shape index (κ2) is 10.2. The van der Waals surface area contributed by atoms with E-state index < -0.39 is 44.3 Å². The summed E-state index contributed by atoms with van der Waals surface area (Å²) >= 11 is 2.28. The first-order chi connectivity index (χ1) is 22.0. The molecule has 240 valence electrons. The number of amides is 1. The molecule has 2 N–H and O–H groups in total. The molecule has 2 heterocycles. The Morgan fingerprint density at radius 1 is 0.830 bits per heavy atom. The van der Waals surface area contributed by atoms with Crippen molar-refractivity contribution in [3.8, 4) is 11.8 Å². The minimum Gasteiger partial charge on any atom is -0.378 e. The maximum absolute atomic E-state index is 16.0. The Balaban J connectivity index is 1.52. The van der Waals surface area contributed by atoms with E-state index in [0.29, 0.717) is 26.5 Å². The second-order valence-electron chi connectivity index (χ2n) is 12.2. The van der Waals surface area contributed by atoms with Gasteiger partial charge in [-0.1, -0.05) is 66.1 Å². The number of anilines is 1. The van der Waals surface area contributed by atoms with Crippen molar-refractivity contribution in [3.63, 3.8) is 0 Å². The summed E-state index contributed by atoms with van der Waals surface area (Å²) in [4.78, 5) is 14.2. The first kappa shape index (κ1) is 31.6. The minimum absolute atomic E-state index is 0.00612. The van der Waals surface area contributed by atoms with Crippen LogP contribution in [0, 0.1) is 11.8 Å². The van der Waals surface area contributed by atoms with E-state index in [1.165, 1.54) is 12.1 Å². The van der Waals surface area contributed by atoms with Crippen LogP contribution in [0.2, 0.25) is 0 Å². The number of halogens is 6. The van der Waals surface area contributed by atoms with Gasteiger partial charge in [-0.3, -0.25) is 4.79 Å². The third-order valence-corrected chi connectivity index (χ3v) is 12.3. The molecule has 2 unspecified atom stereocenters. The van der Waals surface area contributed by atoms with Crippen molar-refractivity contribution in [2.24, 2.45) is 5.73 Å². The van der Waals surface area contributed by atoms with Gasteiger partial charge in [-0.05, 0) is 65.6 Å². The number of hydrogen-bond donors (Lipinski definition) is 1. The van der Waals surface area contributed by atoms with Crippen LogP contribution in [0.1, 0.15) is 29.2 Å². The smallest absolute Gasteiger partial charge is 0.378 e. The maximum atomic E-state index is 16.0. The predicted molar refractivity (Wildman–Crippen MR) is 175 cm³/mol. The van der Waals surface area contributed by atoms with Gasteiger partial charge in [0.15, 0.2) is 0 Å². The summed E-state index contributed by atoms with van der Waals surface area (Å²) in [6.45, 7) is 1.63. The Morgan fingerprint density at radius 3 is 2.11 bits per heavy atom. The number of nitrogens with two attached hydrogens (primary N) is 1. The number of thioether (sulfide) groups is 2. The molecule has 11 heteroatoms. The van der Waals surface area contributed by atoms with Gasteiger partial charge in [-0.15, -0.1) is 11.8 Å². The van der Waals surface area contributed by atoms with Crippen LogP contribution in [-0.2, 0) is 11.2 Å². The van der Waals surface area contributed by atoms with E-state index in [-0.39, 0.29) is 23.1 Å². The first-order valence-electron chi connectivity index (χ1n) is 14.6. The van der Waals surface area contributed by atoms with Gasteiger partial charge in [0.25, 0.3) is 0 Å². The average Bonchev–Trinajstić information content (AvgIpc) is 3.58. The quantitative estimate of drug-likeness (QED) is 0.223. The lowest BCUT2D eigenvalue weighted by atomic mass is 9.69. The normalized spacial score (nSPS) is 25.7. The molecule has 2 aliphatic heterocycles. The van der Waals surface area contributed by atoms with E-state index in [1.54, 1.807) is 61.5 Å². The van der Waals surface area contributed by atoms with Crippen molar-refractivity contribution in [1.82, 2.24) is 0 Å². The molecule has 3 nitrogen and oxygen atoms in total. The molecule has 2 aliphatic carbocycles. The van der Waals surface area contributed by atoms with Crippen LogP contribution in [0.25, 0.3) is 10.5 Å². The van der Waals surface area contributed by atoms with Crippen LogP contribution in [0.5, 0.6) is 0 Å². The van der Waals surface area contributed by atoms with Gasteiger partial charge in [0, 0.05) is 51.9 Å². The number of primary amides is 1. The summed E-state index contributed by atoms with van der Waals surface area (Å²) in [5.41, 5.74) is 4.78. The lowest BCUT2D eigenvalue weighted by Gasteiger charge is -2.46. The number of nitrogens with zero attached hydrogens (tertiary/aromatic N) is 1. The topological polar surface area (TPSA) is 46.3 Å². The van der Waals surface area contributed by atoms with Gasteiger partial charge >= 0.3 is 17.8 Å².